The number of rotatable bonds is 15. The van der Waals surface area contributed by atoms with Gasteiger partial charge < -0.3 is 10.2 Å². The molecule has 0 spiro atoms. The van der Waals surface area contributed by atoms with Crippen LogP contribution in [-0.4, -0.2) is 36.5 Å². The van der Waals surface area contributed by atoms with Crippen LogP contribution in [0.1, 0.15) is 50.0 Å². The van der Waals surface area contributed by atoms with Gasteiger partial charge in [-0.3, -0.25) is 0 Å². The van der Waals surface area contributed by atoms with E-state index in [2.05, 4.69) is 22.5 Å². The number of nitrogens with zero attached hydrogens (tertiary/aromatic N) is 2. The molecule has 1 rings (SSSR count). The van der Waals surface area contributed by atoms with Crippen molar-refractivity contribution in [1.29, 1.82) is 0 Å². The molecule has 0 aliphatic rings. The number of hydrogen-bond donors (Lipinski definition) is 2. The molecule has 25 heavy (non-hydrogen) atoms. The number of nitroso groups, excluding NO2 is 2. The van der Waals surface area contributed by atoms with E-state index in [9.17, 15) is 14.9 Å². The van der Waals surface area contributed by atoms with Gasteiger partial charge in [-0.15, -0.1) is 0 Å². The van der Waals surface area contributed by atoms with Crippen LogP contribution in [0, 0.1) is 21.6 Å². The minimum Gasteiger partial charge on any atom is -0.396 e. The molecule has 140 valence electrons. The second-order valence-electron chi connectivity index (χ2n) is 6.65. The summed E-state index contributed by atoms with van der Waals surface area (Å²) in [4.78, 5) is 21.0. The molecule has 0 radical (unpaired) electrons. The second-order valence-corrected chi connectivity index (χ2v) is 6.65. The van der Waals surface area contributed by atoms with Crippen molar-refractivity contribution < 1.29 is 10.2 Å². The normalized spacial score (nSPS) is 14.6. The lowest BCUT2D eigenvalue weighted by molar-refractivity contribution is 0.201. The monoisotopic (exact) mass is 350 g/mol. The number of aliphatic hydroxyl groups is 2. The van der Waals surface area contributed by atoms with Crippen molar-refractivity contribution in [2.45, 2.75) is 44.4 Å². The molecule has 0 bridgehead atoms. The maximum Gasteiger partial charge on any atom is 0.0839 e. The van der Waals surface area contributed by atoms with Crippen molar-refractivity contribution in [3.05, 3.63) is 45.7 Å². The zero-order valence-electron chi connectivity index (χ0n) is 14.8. The van der Waals surface area contributed by atoms with E-state index >= 15 is 0 Å². The van der Waals surface area contributed by atoms with Gasteiger partial charge in [-0.05, 0) is 61.8 Å². The Morgan fingerprint density at radius 1 is 0.880 bits per heavy atom. The molecule has 0 fully saturated rings. The first-order valence-corrected chi connectivity index (χ1v) is 9.10. The summed E-state index contributed by atoms with van der Waals surface area (Å²) in [5.74, 6) is 0.483. The summed E-state index contributed by atoms with van der Waals surface area (Å²) in [6.07, 6.45) is 4.60. The Hall–Kier alpha value is -1.66. The van der Waals surface area contributed by atoms with Gasteiger partial charge in [0.15, 0.2) is 0 Å². The van der Waals surface area contributed by atoms with Gasteiger partial charge in [0.05, 0.1) is 13.1 Å². The second kappa shape index (κ2) is 13.6. The van der Waals surface area contributed by atoms with Gasteiger partial charge in [0, 0.05) is 13.2 Å². The minimum atomic E-state index is 0.0443. The molecule has 6 heteroatoms. The van der Waals surface area contributed by atoms with Crippen LogP contribution in [0.25, 0.3) is 0 Å². The highest BCUT2D eigenvalue weighted by Gasteiger charge is 2.20. The molecule has 6 nitrogen and oxygen atoms in total. The van der Waals surface area contributed by atoms with Crippen LogP contribution in [-0.2, 0) is 0 Å². The van der Waals surface area contributed by atoms with Gasteiger partial charge >= 0.3 is 0 Å². The maximum atomic E-state index is 10.6. The SMILES string of the molecule is O=NCCC(CO)CC(CCC(CCCO)CN=O)c1ccccc1. The fourth-order valence-electron chi connectivity index (χ4n) is 3.32. The first-order chi connectivity index (χ1) is 12.2. The summed E-state index contributed by atoms with van der Waals surface area (Å²) in [6, 6.07) is 10.1. The lowest BCUT2D eigenvalue weighted by Crippen LogP contribution is -2.15. The number of hydrogen-bond acceptors (Lipinski definition) is 6. The van der Waals surface area contributed by atoms with Crippen molar-refractivity contribution in [2.75, 3.05) is 26.3 Å². The fourth-order valence-corrected chi connectivity index (χ4v) is 3.32. The van der Waals surface area contributed by atoms with Crippen molar-refractivity contribution in [3.63, 3.8) is 0 Å². The zero-order chi connectivity index (χ0) is 18.3. The van der Waals surface area contributed by atoms with Crippen LogP contribution < -0.4 is 0 Å². The molecule has 0 heterocycles. The third-order valence-corrected chi connectivity index (χ3v) is 4.80. The molecule has 0 amide bonds. The molecule has 0 saturated heterocycles. The summed E-state index contributed by atoms with van der Waals surface area (Å²) in [5.41, 5.74) is 1.21. The van der Waals surface area contributed by atoms with Gasteiger partial charge in [0.25, 0.3) is 0 Å². The summed E-state index contributed by atoms with van der Waals surface area (Å²) in [5, 5.41) is 24.5. The van der Waals surface area contributed by atoms with Gasteiger partial charge in [-0.1, -0.05) is 40.7 Å². The van der Waals surface area contributed by atoms with Crippen LogP contribution in [0.15, 0.2) is 40.7 Å². The van der Waals surface area contributed by atoms with Crippen molar-refractivity contribution in [3.8, 4) is 0 Å². The average molecular weight is 350 g/mol. The van der Waals surface area contributed by atoms with Crippen LogP contribution in [0.5, 0.6) is 0 Å². The van der Waals surface area contributed by atoms with E-state index in [1.807, 2.05) is 18.2 Å². The molecule has 0 aliphatic carbocycles. The fraction of sp³-hybridized carbons (Fsp3) is 0.684. The smallest absolute Gasteiger partial charge is 0.0839 e. The predicted octanol–water partition coefficient (Wildman–Crippen LogP) is 3.86. The van der Waals surface area contributed by atoms with Crippen LogP contribution >= 0.6 is 0 Å². The summed E-state index contributed by atoms with van der Waals surface area (Å²) >= 11 is 0. The van der Waals surface area contributed by atoms with E-state index in [-0.39, 0.29) is 44.1 Å². The quantitative estimate of drug-likeness (QED) is 0.469. The third kappa shape index (κ3) is 8.84. The van der Waals surface area contributed by atoms with Crippen LogP contribution in [0.2, 0.25) is 0 Å². The molecule has 0 aliphatic heterocycles. The zero-order valence-corrected chi connectivity index (χ0v) is 14.8. The van der Waals surface area contributed by atoms with Gasteiger partial charge in [0.1, 0.15) is 0 Å². The molecule has 3 unspecified atom stereocenters. The Morgan fingerprint density at radius 2 is 1.64 bits per heavy atom. The molecular formula is C19H30N2O4. The number of benzene rings is 1. The van der Waals surface area contributed by atoms with Crippen molar-refractivity contribution in [1.82, 2.24) is 0 Å². The molecule has 0 saturated carbocycles. The Kier molecular flexibility index (Phi) is 11.6. The van der Waals surface area contributed by atoms with E-state index in [1.165, 1.54) is 5.56 Å². The first-order valence-electron chi connectivity index (χ1n) is 9.10. The first kappa shape index (κ1) is 21.4. The Bertz CT molecular complexity index is 470. The van der Waals surface area contributed by atoms with E-state index in [1.54, 1.807) is 0 Å². The predicted molar refractivity (Wildman–Crippen MR) is 99.4 cm³/mol. The summed E-state index contributed by atoms with van der Waals surface area (Å²) < 4.78 is 0. The van der Waals surface area contributed by atoms with Crippen molar-refractivity contribution in [2.24, 2.45) is 22.2 Å². The highest BCUT2D eigenvalue weighted by molar-refractivity contribution is 5.19. The minimum absolute atomic E-state index is 0.0443. The molecule has 3 atom stereocenters. The molecule has 1 aromatic rings. The van der Waals surface area contributed by atoms with E-state index in [0.717, 1.165) is 25.7 Å². The van der Waals surface area contributed by atoms with Gasteiger partial charge in [0.2, 0.25) is 0 Å². The topological polar surface area (TPSA) is 99.3 Å². The molecule has 2 N–H and O–H groups in total. The van der Waals surface area contributed by atoms with Gasteiger partial charge in [-0.2, -0.15) is 9.81 Å². The maximum absolute atomic E-state index is 10.6. The standard InChI is InChI=1S/C19H30N2O4/c22-12-4-5-16(14-21-25)8-9-19(18-6-2-1-3-7-18)13-17(15-23)10-11-20-24/h1-3,6-7,16-17,19,22-23H,4-5,8-15H2. The Labute approximate surface area is 149 Å². The molecule has 1 aromatic carbocycles. The molecule has 0 aromatic heterocycles. The highest BCUT2D eigenvalue weighted by atomic mass is 16.3. The van der Waals surface area contributed by atoms with E-state index < -0.39 is 0 Å². The summed E-state index contributed by atoms with van der Waals surface area (Å²) in [7, 11) is 0. The highest BCUT2D eigenvalue weighted by Crippen LogP contribution is 2.32. The van der Waals surface area contributed by atoms with Crippen LogP contribution in [0.4, 0.5) is 0 Å². The number of aliphatic hydroxyl groups excluding tert-OH is 2. The van der Waals surface area contributed by atoms with Gasteiger partial charge in [-0.25, -0.2) is 0 Å². The Morgan fingerprint density at radius 3 is 2.24 bits per heavy atom. The third-order valence-electron chi connectivity index (χ3n) is 4.80. The van der Waals surface area contributed by atoms with Crippen molar-refractivity contribution >= 4 is 0 Å². The average Bonchev–Trinajstić information content (AvgIpc) is 2.66. The van der Waals surface area contributed by atoms with E-state index in [0.29, 0.717) is 12.8 Å². The van der Waals surface area contributed by atoms with Crippen LogP contribution in [0.3, 0.4) is 0 Å². The molecular weight excluding hydrogens is 320 g/mol. The lowest BCUT2D eigenvalue weighted by atomic mass is 9.82. The lowest BCUT2D eigenvalue weighted by Gasteiger charge is -2.24. The summed E-state index contributed by atoms with van der Waals surface area (Å²) in [6.45, 7) is 0.673. The Balaban J connectivity index is 2.73. The van der Waals surface area contributed by atoms with E-state index in [4.69, 9.17) is 5.11 Å². The largest absolute Gasteiger partial charge is 0.396 e.